The molecule has 11 nitrogen and oxygen atoms in total. The van der Waals surface area contributed by atoms with E-state index in [9.17, 15) is 33.5 Å². The van der Waals surface area contributed by atoms with Crippen molar-refractivity contribution in [2.75, 3.05) is 6.54 Å². The molecule has 176 valence electrons. The largest absolute Gasteiger partial charge is 0.481 e. The molecule has 12 heteroatoms. The number of hydrogen-bond donors (Lipinski definition) is 6. The monoisotopic (exact) mass is 455 g/mol. The number of amides is 3. The molecule has 3 amide bonds. The van der Waals surface area contributed by atoms with E-state index in [0.717, 1.165) is 0 Å². The Balaban J connectivity index is 2.45. The van der Waals surface area contributed by atoms with Crippen LogP contribution in [0.15, 0.2) is 18.2 Å². The maximum Gasteiger partial charge on any atom is 0.326 e. The van der Waals surface area contributed by atoms with Crippen LogP contribution in [0.25, 0.3) is 0 Å². The van der Waals surface area contributed by atoms with E-state index in [1.165, 1.54) is 12.1 Å². The van der Waals surface area contributed by atoms with Crippen LogP contribution in [0.5, 0.6) is 0 Å². The first kappa shape index (κ1) is 26.3. The zero-order chi connectivity index (χ0) is 24.3. The van der Waals surface area contributed by atoms with Crippen molar-refractivity contribution >= 4 is 29.8 Å². The van der Waals surface area contributed by atoms with Crippen molar-refractivity contribution in [3.8, 4) is 0 Å². The predicted molar refractivity (Wildman–Crippen MR) is 109 cm³/mol. The van der Waals surface area contributed by atoms with Crippen LogP contribution >= 0.6 is 0 Å². The zero-order valence-corrected chi connectivity index (χ0v) is 17.4. The third-order valence-electron chi connectivity index (χ3n) is 4.43. The maximum atomic E-state index is 13.8. The third-order valence-corrected chi connectivity index (χ3v) is 4.43. The van der Waals surface area contributed by atoms with Gasteiger partial charge in [-0.25, -0.2) is 18.8 Å². The fraction of sp³-hybridized carbons (Fsp3) is 0.450. The quantitative estimate of drug-likeness (QED) is 0.239. The van der Waals surface area contributed by atoms with Crippen LogP contribution in [0.3, 0.4) is 0 Å². The fourth-order valence-electron chi connectivity index (χ4n) is 2.72. The summed E-state index contributed by atoms with van der Waals surface area (Å²) < 4.78 is 13.8. The molecule has 1 aromatic rings. The number of benzene rings is 1. The first-order chi connectivity index (χ1) is 15.0. The number of nitrogens with one attached hydrogen (secondary N) is 3. The Morgan fingerprint density at radius 2 is 1.53 bits per heavy atom. The summed E-state index contributed by atoms with van der Waals surface area (Å²) in [7, 11) is 0. The smallest absolute Gasteiger partial charge is 0.326 e. The first-order valence-corrected chi connectivity index (χ1v) is 9.80. The van der Waals surface area contributed by atoms with Gasteiger partial charge in [-0.15, -0.1) is 0 Å². The summed E-state index contributed by atoms with van der Waals surface area (Å²) in [5.41, 5.74) is 0.570. The van der Waals surface area contributed by atoms with Gasteiger partial charge in [-0.3, -0.25) is 9.59 Å². The maximum absolute atomic E-state index is 13.8. The lowest BCUT2D eigenvalue weighted by Crippen LogP contribution is -2.51. The molecule has 0 aliphatic heterocycles. The molecule has 0 aliphatic rings. The number of hydrogen-bond acceptors (Lipinski definition) is 5. The molecule has 0 saturated heterocycles. The molecule has 1 rings (SSSR count). The van der Waals surface area contributed by atoms with Gasteiger partial charge in [0.15, 0.2) is 0 Å². The second-order valence-corrected chi connectivity index (χ2v) is 7.07. The lowest BCUT2D eigenvalue weighted by Gasteiger charge is -2.18. The molecule has 0 heterocycles. The van der Waals surface area contributed by atoms with Crippen molar-refractivity contribution < 1.29 is 43.7 Å². The van der Waals surface area contributed by atoms with Crippen molar-refractivity contribution in [3.63, 3.8) is 0 Å². The zero-order valence-electron chi connectivity index (χ0n) is 17.4. The number of carbonyl (C=O) groups is 5. The second-order valence-electron chi connectivity index (χ2n) is 7.07. The molecule has 0 radical (unpaired) electrons. The molecule has 0 fully saturated rings. The molecule has 6 N–H and O–H groups in total. The van der Waals surface area contributed by atoms with Gasteiger partial charge >= 0.3 is 23.9 Å². The highest BCUT2D eigenvalue weighted by Gasteiger charge is 2.24. The summed E-state index contributed by atoms with van der Waals surface area (Å²) in [5.74, 6) is -5.28. The van der Waals surface area contributed by atoms with Crippen LogP contribution in [-0.4, -0.2) is 63.8 Å². The molecular formula is C20H26FN3O8. The molecule has 32 heavy (non-hydrogen) atoms. The average molecular weight is 455 g/mol. The first-order valence-electron chi connectivity index (χ1n) is 9.80. The summed E-state index contributed by atoms with van der Waals surface area (Å²) in [6.45, 7) is 1.84. The van der Waals surface area contributed by atoms with Crippen LogP contribution in [0.2, 0.25) is 0 Å². The molecule has 2 atom stereocenters. The lowest BCUT2D eigenvalue weighted by atomic mass is 10.1. The number of carboxylic acid groups (broad SMARTS) is 3. The fourth-order valence-corrected chi connectivity index (χ4v) is 2.72. The Kier molecular flexibility index (Phi) is 10.6. The van der Waals surface area contributed by atoms with Gasteiger partial charge in [0, 0.05) is 13.0 Å². The summed E-state index contributed by atoms with van der Waals surface area (Å²) in [5, 5.41) is 33.6. The van der Waals surface area contributed by atoms with Gasteiger partial charge in [-0.05, 0) is 50.3 Å². The normalized spacial score (nSPS) is 12.3. The lowest BCUT2D eigenvalue weighted by molar-refractivity contribution is -0.140. The van der Waals surface area contributed by atoms with E-state index in [1.807, 2.05) is 5.32 Å². The molecule has 1 unspecified atom stereocenters. The standard InChI is InChI=1S/C20H26FN3O8/c1-11-5-6-12(13(21)10-11)17(27)22-9-3-2-4-14(18(28)29)23-20(32)24-15(19(30)31)7-8-16(25)26/h5-6,10,14-15H,2-4,7-9H2,1H3,(H,22,27)(H,25,26)(H,28,29)(H,30,31)(H2,23,24,32)/t14-,15?/m0/s1. The Labute approximate surface area is 183 Å². The Morgan fingerprint density at radius 3 is 2.06 bits per heavy atom. The number of carbonyl (C=O) groups excluding carboxylic acids is 2. The molecule has 1 aromatic carbocycles. The average Bonchev–Trinajstić information content (AvgIpc) is 2.69. The third kappa shape index (κ3) is 9.41. The minimum atomic E-state index is -1.49. The molecule has 0 bridgehead atoms. The molecule has 0 saturated carbocycles. The van der Waals surface area contributed by atoms with E-state index in [4.69, 9.17) is 10.2 Å². The van der Waals surface area contributed by atoms with Gasteiger partial charge in [-0.1, -0.05) is 6.07 Å². The highest BCUT2D eigenvalue weighted by Crippen LogP contribution is 2.10. The molecule has 0 aromatic heterocycles. The molecular weight excluding hydrogens is 429 g/mol. The van der Waals surface area contributed by atoms with Gasteiger partial charge in [0.25, 0.3) is 5.91 Å². The Morgan fingerprint density at radius 1 is 0.938 bits per heavy atom. The van der Waals surface area contributed by atoms with Crippen molar-refractivity contribution in [2.45, 2.75) is 51.1 Å². The van der Waals surface area contributed by atoms with Crippen LogP contribution in [-0.2, 0) is 14.4 Å². The van der Waals surface area contributed by atoms with E-state index in [1.54, 1.807) is 13.0 Å². The van der Waals surface area contributed by atoms with E-state index < -0.39 is 54.2 Å². The van der Waals surface area contributed by atoms with Crippen LogP contribution in [0.1, 0.15) is 48.0 Å². The summed E-state index contributed by atoms with van der Waals surface area (Å²) >= 11 is 0. The highest BCUT2D eigenvalue weighted by molar-refractivity contribution is 5.94. The Bertz CT molecular complexity index is 861. The molecule has 0 spiro atoms. The number of carboxylic acids is 3. The highest BCUT2D eigenvalue weighted by atomic mass is 19.1. The van der Waals surface area contributed by atoms with E-state index in [2.05, 4.69) is 10.6 Å². The number of aryl methyl sites for hydroxylation is 1. The van der Waals surface area contributed by atoms with E-state index in [0.29, 0.717) is 12.0 Å². The van der Waals surface area contributed by atoms with Gasteiger partial charge < -0.3 is 31.3 Å². The Hall–Kier alpha value is -3.70. The minimum Gasteiger partial charge on any atom is -0.481 e. The SMILES string of the molecule is Cc1ccc(C(=O)NCCCC[C@H](NC(=O)NC(CCC(=O)O)C(=O)O)C(=O)O)c(F)c1. The van der Waals surface area contributed by atoms with E-state index in [-0.39, 0.29) is 31.4 Å². The van der Waals surface area contributed by atoms with Gasteiger partial charge in [-0.2, -0.15) is 0 Å². The predicted octanol–water partition coefficient (Wildman–Crippen LogP) is 1.10. The summed E-state index contributed by atoms with van der Waals surface area (Å²) in [6.07, 6.45) is -0.225. The van der Waals surface area contributed by atoms with Crippen LogP contribution in [0, 0.1) is 12.7 Å². The van der Waals surface area contributed by atoms with Crippen molar-refractivity contribution in [2.24, 2.45) is 0 Å². The van der Waals surface area contributed by atoms with Crippen molar-refractivity contribution in [1.82, 2.24) is 16.0 Å². The molecule has 0 aliphatic carbocycles. The van der Waals surface area contributed by atoms with E-state index >= 15 is 0 Å². The number of halogens is 1. The topological polar surface area (TPSA) is 182 Å². The van der Waals surface area contributed by atoms with Crippen LogP contribution < -0.4 is 16.0 Å². The number of unbranched alkanes of at least 4 members (excludes halogenated alkanes) is 1. The number of rotatable bonds is 13. The van der Waals surface area contributed by atoms with Gasteiger partial charge in [0.1, 0.15) is 17.9 Å². The van der Waals surface area contributed by atoms with Crippen LogP contribution in [0.4, 0.5) is 9.18 Å². The van der Waals surface area contributed by atoms with Gasteiger partial charge in [0.2, 0.25) is 0 Å². The number of aliphatic carboxylic acids is 3. The summed E-state index contributed by atoms with van der Waals surface area (Å²) in [4.78, 5) is 56.9. The number of urea groups is 1. The van der Waals surface area contributed by atoms with Crippen molar-refractivity contribution in [3.05, 3.63) is 35.1 Å². The van der Waals surface area contributed by atoms with Gasteiger partial charge in [0.05, 0.1) is 5.56 Å². The minimum absolute atomic E-state index is 0.00954. The summed E-state index contributed by atoms with van der Waals surface area (Å²) in [6, 6.07) is 0.331. The van der Waals surface area contributed by atoms with Crippen molar-refractivity contribution in [1.29, 1.82) is 0 Å². The second kappa shape index (κ2) is 12.9.